The van der Waals surface area contributed by atoms with Gasteiger partial charge in [-0.2, -0.15) is 0 Å². The fourth-order valence-corrected chi connectivity index (χ4v) is 2.45. The van der Waals surface area contributed by atoms with Crippen LogP contribution in [0.1, 0.15) is 16.8 Å². The van der Waals surface area contributed by atoms with Crippen LogP contribution in [0.25, 0.3) is 10.9 Å². The van der Waals surface area contributed by atoms with E-state index in [-0.39, 0.29) is 12.2 Å². The Morgan fingerprint density at radius 3 is 2.84 bits per heavy atom. The lowest BCUT2D eigenvalue weighted by molar-refractivity contribution is -0.136. The zero-order valence-corrected chi connectivity index (χ0v) is 11.7. The number of alkyl halides is 1. The van der Waals surface area contributed by atoms with E-state index >= 15 is 0 Å². The highest BCUT2D eigenvalue weighted by molar-refractivity contribution is 9.10. The number of carboxylic acids is 1. The molecule has 2 N–H and O–H groups in total. The van der Waals surface area contributed by atoms with Crippen molar-refractivity contribution in [2.45, 2.75) is 11.2 Å². The van der Waals surface area contributed by atoms with Crippen molar-refractivity contribution in [3.05, 3.63) is 30.0 Å². The van der Waals surface area contributed by atoms with E-state index in [4.69, 9.17) is 9.84 Å². The van der Waals surface area contributed by atoms with Crippen molar-refractivity contribution >= 4 is 38.6 Å². The molecule has 1 atom stereocenters. The molecule has 2 aromatic rings. The normalized spacial score (nSPS) is 12.3. The smallest absolute Gasteiger partial charge is 0.304 e. The highest BCUT2D eigenvalue weighted by Crippen LogP contribution is 2.30. The van der Waals surface area contributed by atoms with Gasteiger partial charge in [-0.1, -0.05) is 22.0 Å². The quantitative estimate of drug-likeness (QED) is 0.654. The third kappa shape index (κ3) is 2.63. The van der Waals surface area contributed by atoms with Gasteiger partial charge in [0.1, 0.15) is 5.75 Å². The zero-order valence-electron chi connectivity index (χ0n) is 10.1. The Morgan fingerprint density at radius 1 is 1.47 bits per heavy atom. The first-order valence-corrected chi connectivity index (χ1v) is 6.50. The molecular formula is C13H12BrNO4. The summed E-state index contributed by atoms with van der Waals surface area (Å²) in [5.41, 5.74) is 1.20. The summed E-state index contributed by atoms with van der Waals surface area (Å²) >= 11 is 3.11. The first kappa shape index (κ1) is 13.6. The number of nitrogens with one attached hydrogen (secondary N) is 1. The molecule has 0 spiro atoms. The molecule has 0 aliphatic rings. The van der Waals surface area contributed by atoms with Gasteiger partial charge in [-0.15, -0.1) is 0 Å². The van der Waals surface area contributed by atoms with Gasteiger partial charge in [0.25, 0.3) is 0 Å². The van der Waals surface area contributed by atoms with Crippen molar-refractivity contribution in [2.75, 3.05) is 7.11 Å². The summed E-state index contributed by atoms with van der Waals surface area (Å²) in [6.07, 6.45) is 1.31. The van der Waals surface area contributed by atoms with Crippen LogP contribution in [0.4, 0.5) is 0 Å². The number of rotatable bonds is 5. The van der Waals surface area contributed by atoms with E-state index in [1.165, 1.54) is 7.11 Å². The predicted molar refractivity (Wildman–Crippen MR) is 74.1 cm³/mol. The van der Waals surface area contributed by atoms with Gasteiger partial charge in [0.15, 0.2) is 5.78 Å². The molecule has 0 bridgehead atoms. The maximum Gasteiger partial charge on any atom is 0.304 e. The highest BCUT2D eigenvalue weighted by Gasteiger charge is 2.23. The number of aromatic nitrogens is 1. The molecular weight excluding hydrogens is 314 g/mol. The Hall–Kier alpha value is -1.82. The van der Waals surface area contributed by atoms with Gasteiger partial charge in [-0.3, -0.25) is 9.59 Å². The van der Waals surface area contributed by atoms with Gasteiger partial charge in [0.2, 0.25) is 0 Å². The number of carbonyl (C=O) groups excluding carboxylic acids is 1. The molecule has 1 heterocycles. The molecule has 19 heavy (non-hydrogen) atoms. The van der Waals surface area contributed by atoms with Gasteiger partial charge in [-0.25, -0.2) is 0 Å². The Labute approximate surface area is 117 Å². The molecule has 0 radical (unpaired) electrons. The van der Waals surface area contributed by atoms with Gasteiger partial charge in [-0.05, 0) is 12.1 Å². The van der Waals surface area contributed by atoms with Crippen LogP contribution < -0.4 is 4.74 Å². The standard InChI is InChI=1S/C13H12BrNO4/c1-19-10-4-2-3-9-12(10)7(6-15-9)13(18)8(14)5-11(16)17/h2-4,6,8,15H,5H2,1H3,(H,16,17). The average Bonchev–Trinajstić information content (AvgIpc) is 2.80. The third-order valence-electron chi connectivity index (χ3n) is 2.79. The lowest BCUT2D eigenvalue weighted by atomic mass is 10.0. The van der Waals surface area contributed by atoms with E-state index in [0.29, 0.717) is 16.7 Å². The number of Topliss-reactive ketones (excluding diaryl/α,β-unsaturated/α-hetero) is 1. The molecule has 0 saturated carbocycles. The number of aromatic amines is 1. The first-order valence-electron chi connectivity index (χ1n) is 5.58. The van der Waals surface area contributed by atoms with Crippen molar-refractivity contribution in [2.24, 2.45) is 0 Å². The van der Waals surface area contributed by atoms with Crippen molar-refractivity contribution in [1.29, 1.82) is 0 Å². The largest absolute Gasteiger partial charge is 0.496 e. The monoisotopic (exact) mass is 325 g/mol. The SMILES string of the molecule is COc1cccc2[nH]cc(C(=O)C(Br)CC(=O)O)c12. The number of hydrogen-bond donors (Lipinski definition) is 2. The molecule has 0 aliphatic carbocycles. The maximum atomic E-state index is 12.2. The van der Waals surface area contributed by atoms with E-state index in [0.717, 1.165) is 5.52 Å². The van der Waals surface area contributed by atoms with Crippen LogP contribution in [-0.4, -0.2) is 33.8 Å². The van der Waals surface area contributed by atoms with Crippen LogP contribution in [0.15, 0.2) is 24.4 Å². The van der Waals surface area contributed by atoms with Gasteiger partial charge in [0, 0.05) is 17.3 Å². The van der Waals surface area contributed by atoms with E-state index in [2.05, 4.69) is 20.9 Å². The third-order valence-corrected chi connectivity index (χ3v) is 3.53. The molecule has 0 amide bonds. The van der Waals surface area contributed by atoms with Crippen LogP contribution in [0.2, 0.25) is 0 Å². The summed E-state index contributed by atoms with van der Waals surface area (Å²) < 4.78 is 5.23. The second kappa shape index (κ2) is 5.44. The topological polar surface area (TPSA) is 79.4 Å². The lowest BCUT2D eigenvalue weighted by Crippen LogP contribution is -2.17. The second-order valence-electron chi connectivity index (χ2n) is 4.01. The molecule has 0 saturated heterocycles. The summed E-state index contributed by atoms with van der Waals surface area (Å²) in [5, 5.41) is 9.40. The van der Waals surface area contributed by atoms with Crippen LogP contribution in [0, 0.1) is 0 Å². The minimum atomic E-state index is -1.03. The summed E-state index contributed by atoms with van der Waals surface area (Å²) in [5.74, 6) is -0.725. The molecule has 1 aromatic carbocycles. The van der Waals surface area contributed by atoms with Crippen LogP contribution in [-0.2, 0) is 4.79 Å². The van der Waals surface area contributed by atoms with E-state index < -0.39 is 10.8 Å². The number of carbonyl (C=O) groups is 2. The predicted octanol–water partition coefficient (Wildman–Crippen LogP) is 2.60. The number of carboxylic acid groups (broad SMARTS) is 1. The number of halogens is 1. The number of benzene rings is 1. The number of methoxy groups -OCH3 is 1. The molecule has 5 nitrogen and oxygen atoms in total. The maximum absolute atomic E-state index is 12.2. The lowest BCUT2D eigenvalue weighted by Gasteiger charge is -2.07. The number of fused-ring (bicyclic) bond motifs is 1. The van der Waals surface area contributed by atoms with E-state index in [1.807, 2.05) is 12.1 Å². The summed E-state index contributed by atoms with van der Waals surface area (Å²) in [6, 6.07) is 5.40. The van der Waals surface area contributed by atoms with Gasteiger partial charge in [0.05, 0.1) is 23.7 Å². The fraction of sp³-hybridized carbons (Fsp3) is 0.231. The van der Waals surface area contributed by atoms with Gasteiger partial charge < -0.3 is 14.8 Å². The molecule has 2 rings (SSSR count). The Balaban J connectivity index is 2.45. The Kier molecular flexibility index (Phi) is 3.90. The van der Waals surface area contributed by atoms with Crippen molar-refractivity contribution < 1.29 is 19.4 Å². The average molecular weight is 326 g/mol. The molecule has 6 heteroatoms. The van der Waals surface area contributed by atoms with Crippen LogP contribution in [0.3, 0.4) is 0 Å². The minimum absolute atomic E-state index is 0.263. The summed E-state index contributed by atoms with van der Waals surface area (Å²) in [7, 11) is 1.53. The zero-order chi connectivity index (χ0) is 14.0. The summed E-state index contributed by atoms with van der Waals surface area (Å²) in [6.45, 7) is 0. The van der Waals surface area contributed by atoms with Crippen LogP contribution in [0.5, 0.6) is 5.75 Å². The van der Waals surface area contributed by atoms with E-state index in [9.17, 15) is 9.59 Å². The van der Waals surface area contributed by atoms with E-state index in [1.54, 1.807) is 12.3 Å². The van der Waals surface area contributed by atoms with Gasteiger partial charge >= 0.3 is 5.97 Å². The summed E-state index contributed by atoms with van der Waals surface area (Å²) in [4.78, 5) is 25.1. The minimum Gasteiger partial charge on any atom is -0.496 e. The first-order chi connectivity index (χ1) is 9.04. The van der Waals surface area contributed by atoms with Crippen molar-refractivity contribution in [3.63, 3.8) is 0 Å². The fourth-order valence-electron chi connectivity index (χ4n) is 1.93. The molecule has 0 aliphatic heterocycles. The molecule has 1 aromatic heterocycles. The number of ether oxygens (including phenoxy) is 1. The number of ketones is 1. The number of hydrogen-bond acceptors (Lipinski definition) is 3. The molecule has 0 fully saturated rings. The van der Waals surface area contributed by atoms with Crippen LogP contribution >= 0.6 is 15.9 Å². The Bertz CT molecular complexity index is 635. The Morgan fingerprint density at radius 2 is 2.21 bits per heavy atom. The second-order valence-corrected chi connectivity index (χ2v) is 5.12. The highest BCUT2D eigenvalue weighted by atomic mass is 79.9. The van der Waals surface area contributed by atoms with Crippen molar-refractivity contribution in [1.82, 2.24) is 4.98 Å². The van der Waals surface area contributed by atoms with Crippen molar-refractivity contribution in [3.8, 4) is 5.75 Å². The number of aliphatic carboxylic acids is 1. The molecule has 1 unspecified atom stereocenters. The molecule has 100 valence electrons. The number of H-pyrrole nitrogens is 1.